The molecule has 6 nitrogen and oxygen atoms in total. The summed E-state index contributed by atoms with van der Waals surface area (Å²) in [5.74, 6) is -0.268. The van der Waals surface area contributed by atoms with Crippen LogP contribution in [-0.4, -0.2) is 35.6 Å². The lowest BCUT2D eigenvalue weighted by molar-refractivity contribution is 0.170. The molecular formula is C19H25FN4O2. The van der Waals surface area contributed by atoms with Crippen LogP contribution in [0.25, 0.3) is 11.3 Å². The van der Waals surface area contributed by atoms with E-state index in [1.54, 1.807) is 12.1 Å². The predicted molar refractivity (Wildman–Crippen MR) is 97.2 cm³/mol. The number of carbonyl (C=O) groups is 1. The smallest absolute Gasteiger partial charge is 0.406 e. The highest BCUT2D eigenvalue weighted by atomic mass is 19.1. The summed E-state index contributed by atoms with van der Waals surface area (Å²) in [6.45, 7) is 3.12. The van der Waals surface area contributed by atoms with Gasteiger partial charge in [-0.15, -0.1) is 0 Å². The van der Waals surface area contributed by atoms with Crippen molar-refractivity contribution in [3.05, 3.63) is 41.8 Å². The van der Waals surface area contributed by atoms with Gasteiger partial charge in [-0.2, -0.15) is 5.10 Å². The van der Waals surface area contributed by atoms with Crippen molar-refractivity contribution in [3.8, 4) is 11.3 Å². The van der Waals surface area contributed by atoms with E-state index in [1.165, 1.54) is 26.0 Å². The molecule has 0 spiro atoms. The van der Waals surface area contributed by atoms with Crippen LogP contribution >= 0.6 is 0 Å². The standard InChI is InChI=1S/C19H25FN4O2/c1-13(22-14-8-9-14)17-12-18(15-6-3-4-7-16(15)20)24(23-17)11-5-10-21-19(25)26-2/h3-4,6-7,12-14,22H,5,8-11H2,1-2H3,(H,21,25). The van der Waals surface area contributed by atoms with Crippen LogP contribution in [0, 0.1) is 5.82 Å². The second kappa shape index (κ2) is 8.31. The lowest BCUT2D eigenvalue weighted by atomic mass is 10.1. The molecule has 3 rings (SSSR count). The summed E-state index contributed by atoms with van der Waals surface area (Å²) in [7, 11) is 1.33. The molecule has 1 aromatic carbocycles. The molecule has 1 aliphatic rings. The van der Waals surface area contributed by atoms with E-state index in [2.05, 4.69) is 27.4 Å². The van der Waals surface area contributed by atoms with Crippen LogP contribution in [0.4, 0.5) is 9.18 Å². The second-order valence-corrected chi connectivity index (χ2v) is 6.59. The summed E-state index contributed by atoms with van der Waals surface area (Å²) in [5.41, 5.74) is 2.18. The van der Waals surface area contributed by atoms with E-state index in [-0.39, 0.29) is 11.9 Å². The van der Waals surface area contributed by atoms with Crippen LogP contribution in [0.3, 0.4) is 0 Å². The molecule has 2 aromatic rings. The van der Waals surface area contributed by atoms with Crippen molar-refractivity contribution in [2.45, 2.75) is 44.8 Å². The molecular weight excluding hydrogens is 335 g/mol. The number of benzene rings is 1. The Morgan fingerprint density at radius 1 is 1.42 bits per heavy atom. The first-order chi connectivity index (χ1) is 12.6. The van der Waals surface area contributed by atoms with Gasteiger partial charge in [-0.3, -0.25) is 4.68 Å². The van der Waals surface area contributed by atoms with E-state index in [4.69, 9.17) is 0 Å². The van der Waals surface area contributed by atoms with Gasteiger partial charge < -0.3 is 15.4 Å². The molecule has 2 N–H and O–H groups in total. The first kappa shape index (κ1) is 18.4. The molecule has 0 radical (unpaired) electrons. The number of hydrogen-bond donors (Lipinski definition) is 2. The fourth-order valence-electron chi connectivity index (χ4n) is 2.88. The molecule has 0 bridgehead atoms. The normalized spacial score (nSPS) is 14.9. The van der Waals surface area contributed by atoms with Crippen molar-refractivity contribution in [1.82, 2.24) is 20.4 Å². The second-order valence-electron chi connectivity index (χ2n) is 6.59. The van der Waals surface area contributed by atoms with E-state index in [1.807, 2.05) is 16.8 Å². The Morgan fingerprint density at radius 2 is 2.19 bits per heavy atom. The van der Waals surface area contributed by atoms with Gasteiger partial charge in [-0.1, -0.05) is 12.1 Å². The SMILES string of the molecule is COC(=O)NCCCn1nc(C(C)NC2CC2)cc1-c1ccccc1F. The number of ether oxygens (including phenoxy) is 1. The Bertz CT molecular complexity index is 758. The van der Waals surface area contributed by atoms with Crippen LogP contribution in [0.15, 0.2) is 30.3 Å². The molecule has 7 heteroatoms. The van der Waals surface area contributed by atoms with Gasteiger partial charge in [0.25, 0.3) is 0 Å². The van der Waals surface area contributed by atoms with E-state index in [0.29, 0.717) is 31.1 Å². The Kier molecular flexibility index (Phi) is 5.88. The minimum Gasteiger partial charge on any atom is -0.453 e. The Hall–Kier alpha value is -2.41. The van der Waals surface area contributed by atoms with Gasteiger partial charge >= 0.3 is 6.09 Å². The zero-order valence-electron chi connectivity index (χ0n) is 15.2. The number of hydrogen-bond acceptors (Lipinski definition) is 4. The van der Waals surface area contributed by atoms with Crippen molar-refractivity contribution in [1.29, 1.82) is 0 Å². The van der Waals surface area contributed by atoms with Crippen molar-refractivity contribution in [3.63, 3.8) is 0 Å². The number of aromatic nitrogens is 2. The number of halogens is 1. The highest BCUT2D eigenvalue weighted by Gasteiger charge is 2.25. The van der Waals surface area contributed by atoms with E-state index in [9.17, 15) is 9.18 Å². The third-order valence-corrected chi connectivity index (χ3v) is 4.46. The van der Waals surface area contributed by atoms with Crippen LogP contribution in [0.5, 0.6) is 0 Å². The number of aryl methyl sites for hydroxylation is 1. The Morgan fingerprint density at radius 3 is 2.88 bits per heavy atom. The minimum absolute atomic E-state index is 0.113. The number of nitrogens with one attached hydrogen (secondary N) is 2. The van der Waals surface area contributed by atoms with Gasteiger partial charge in [-0.05, 0) is 44.4 Å². The molecule has 0 saturated heterocycles. The average Bonchev–Trinajstić information content (AvgIpc) is 3.35. The lowest BCUT2D eigenvalue weighted by Gasteiger charge is -2.10. The van der Waals surface area contributed by atoms with Gasteiger partial charge in [0, 0.05) is 30.7 Å². The topological polar surface area (TPSA) is 68.2 Å². The summed E-state index contributed by atoms with van der Waals surface area (Å²) in [5, 5.41) is 10.9. The zero-order chi connectivity index (χ0) is 18.5. The first-order valence-electron chi connectivity index (χ1n) is 8.99. The van der Waals surface area contributed by atoms with Gasteiger partial charge in [-0.25, -0.2) is 9.18 Å². The van der Waals surface area contributed by atoms with Crippen LogP contribution < -0.4 is 10.6 Å². The quantitative estimate of drug-likeness (QED) is 0.709. The molecule has 1 aliphatic carbocycles. The number of carbonyl (C=O) groups excluding carboxylic acids is 1. The van der Waals surface area contributed by atoms with Gasteiger partial charge in [0.05, 0.1) is 18.5 Å². The lowest BCUT2D eigenvalue weighted by Crippen LogP contribution is -2.25. The van der Waals surface area contributed by atoms with Crippen molar-refractivity contribution < 1.29 is 13.9 Å². The number of methoxy groups -OCH3 is 1. The van der Waals surface area contributed by atoms with Crippen LogP contribution in [-0.2, 0) is 11.3 Å². The van der Waals surface area contributed by atoms with Gasteiger partial charge in [0.2, 0.25) is 0 Å². The van der Waals surface area contributed by atoms with Crippen LogP contribution in [0.1, 0.15) is 37.9 Å². The molecule has 0 aliphatic heterocycles. The fourth-order valence-corrected chi connectivity index (χ4v) is 2.88. The molecule has 1 aromatic heterocycles. The number of nitrogens with zero attached hydrogens (tertiary/aromatic N) is 2. The Labute approximate surface area is 152 Å². The molecule has 1 fully saturated rings. The van der Waals surface area contributed by atoms with E-state index in [0.717, 1.165) is 11.4 Å². The van der Waals surface area contributed by atoms with E-state index >= 15 is 0 Å². The highest BCUT2D eigenvalue weighted by Crippen LogP contribution is 2.28. The molecule has 1 saturated carbocycles. The van der Waals surface area contributed by atoms with Crippen molar-refractivity contribution >= 4 is 6.09 Å². The van der Waals surface area contributed by atoms with Gasteiger partial charge in [0.1, 0.15) is 5.82 Å². The molecule has 140 valence electrons. The molecule has 1 unspecified atom stereocenters. The van der Waals surface area contributed by atoms with Gasteiger partial charge in [0.15, 0.2) is 0 Å². The molecule has 26 heavy (non-hydrogen) atoms. The largest absolute Gasteiger partial charge is 0.453 e. The predicted octanol–water partition coefficient (Wildman–Crippen LogP) is 3.25. The monoisotopic (exact) mass is 360 g/mol. The summed E-state index contributed by atoms with van der Waals surface area (Å²) in [6.07, 6.45) is 2.61. The zero-order valence-corrected chi connectivity index (χ0v) is 15.2. The molecule has 1 atom stereocenters. The highest BCUT2D eigenvalue weighted by molar-refractivity contribution is 5.66. The Balaban J connectivity index is 1.77. The third kappa shape index (κ3) is 4.60. The minimum atomic E-state index is -0.456. The van der Waals surface area contributed by atoms with Crippen LogP contribution in [0.2, 0.25) is 0 Å². The third-order valence-electron chi connectivity index (χ3n) is 4.46. The maximum absolute atomic E-state index is 14.3. The summed E-state index contributed by atoms with van der Waals surface area (Å²) in [6, 6.07) is 9.35. The van der Waals surface area contributed by atoms with Crippen molar-refractivity contribution in [2.75, 3.05) is 13.7 Å². The maximum Gasteiger partial charge on any atom is 0.406 e. The summed E-state index contributed by atoms with van der Waals surface area (Å²) >= 11 is 0. The molecule has 1 amide bonds. The maximum atomic E-state index is 14.3. The first-order valence-corrected chi connectivity index (χ1v) is 8.99. The fraction of sp³-hybridized carbons (Fsp3) is 0.474. The number of alkyl carbamates (subject to hydrolysis) is 1. The average molecular weight is 360 g/mol. The van der Waals surface area contributed by atoms with Crippen molar-refractivity contribution in [2.24, 2.45) is 0 Å². The molecule has 1 heterocycles. The summed E-state index contributed by atoms with van der Waals surface area (Å²) < 4.78 is 20.7. The number of rotatable bonds is 8. The summed E-state index contributed by atoms with van der Waals surface area (Å²) in [4.78, 5) is 11.1. The number of amides is 1. The van der Waals surface area contributed by atoms with E-state index < -0.39 is 6.09 Å².